The van der Waals surface area contributed by atoms with E-state index in [4.69, 9.17) is 0 Å². The summed E-state index contributed by atoms with van der Waals surface area (Å²) in [5.74, 6) is -3.30. The third kappa shape index (κ3) is 3.99. The molecule has 0 aliphatic heterocycles. The number of carbonyl (C=O) groups is 2. The average Bonchev–Trinajstić information content (AvgIpc) is 2.98. The highest BCUT2D eigenvalue weighted by Gasteiger charge is 2.43. The van der Waals surface area contributed by atoms with Gasteiger partial charge in [0.2, 0.25) is 5.91 Å². The van der Waals surface area contributed by atoms with E-state index in [2.05, 4.69) is 15.8 Å². The lowest BCUT2D eigenvalue weighted by Crippen LogP contribution is -2.46. The molecule has 21 heavy (non-hydrogen) atoms. The molecule has 5 nitrogen and oxygen atoms in total. The molecule has 2 amide bonds. The standard InChI is InChI=1S/C13H16F3N3O2/c14-13(15,16)9-4-1-3-8(7-9)11(20)18-19-12(21)10-5-2-6-17-10/h2,5-6,8-9,17H,1,3-4,7H2,(H,18,20)(H,19,21). The largest absolute Gasteiger partial charge is 0.391 e. The normalized spacial score (nSPS) is 22.6. The summed E-state index contributed by atoms with van der Waals surface area (Å²) in [6.45, 7) is 0. The van der Waals surface area contributed by atoms with Gasteiger partial charge >= 0.3 is 6.18 Å². The Hall–Kier alpha value is -1.99. The monoisotopic (exact) mass is 303 g/mol. The van der Waals surface area contributed by atoms with Gasteiger partial charge in [-0.15, -0.1) is 0 Å². The number of aromatic amines is 1. The Morgan fingerprint density at radius 2 is 2.00 bits per heavy atom. The van der Waals surface area contributed by atoms with E-state index in [9.17, 15) is 22.8 Å². The summed E-state index contributed by atoms with van der Waals surface area (Å²) in [5, 5.41) is 0. The fraction of sp³-hybridized carbons (Fsp3) is 0.538. The molecule has 0 radical (unpaired) electrons. The number of nitrogens with one attached hydrogen (secondary N) is 3. The third-order valence-electron chi connectivity index (χ3n) is 3.65. The maximum atomic E-state index is 12.7. The lowest BCUT2D eigenvalue weighted by molar-refractivity contribution is -0.186. The van der Waals surface area contributed by atoms with E-state index in [0.717, 1.165) is 0 Å². The molecule has 2 atom stereocenters. The van der Waals surface area contributed by atoms with Gasteiger partial charge in [0.15, 0.2) is 0 Å². The molecule has 1 heterocycles. The molecule has 1 aromatic rings. The van der Waals surface area contributed by atoms with E-state index < -0.39 is 29.8 Å². The highest BCUT2D eigenvalue weighted by Crippen LogP contribution is 2.39. The van der Waals surface area contributed by atoms with Crippen molar-refractivity contribution in [2.75, 3.05) is 0 Å². The fourth-order valence-electron chi connectivity index (χ4n) is 2.48. The molecular weight excluding hydrogens is 287 g/mol. The summed E-state index contributed by atoms with van der Waals surface area (Å²) >= 11 is 0. The number of amides is 2. The van der Waals surface area contributed by atoms with Crippen LogP contribution in [-0.2, 0) is 4.79 Å². The predicted molar refractivity (Wildman–Crippen MR) is 67.9 cm³/mol. The van der Waals surface area contributed by atoms with E-state index in [-0.39, 0.29) is 18.5 Å². The summed E-state index contributed by atoms with van der Waals surface area (Å²) in [5.41, 5.74) is 4.63. The Bertz CT molecular complexity index is 499. The number of halogens is 3. The van der Waals surface area contributed by atoms with Gasteiger partial charge in [-0.05, 0) is 31.4 Å². The molecule has 1 aliphatic carbocycles. The fourth-order valence-corrected chi connectivity index (χ4v) is 2.48. The third-order valence-corrected chi connectivity index (χ3v) is 3.65. The van der Waals surface area contributed by atoms with Crippen molar-refractivity contribution in [2.45, 2.75) is 31.9 Å². The zero-order valence-electron chi connectivity index (χ0n) is 11.2. The van der Waals surface area contributed by atoms with Gasteiger partial charge < -0.3 is 4.98 Å². The molecule has 1 aromatic heterocycles. The second-order valence-corrected chi connectivity index (χ2v) is 5.13. The van der Waals surface area contributed by atoms with Crippen LogP contribution in [0.15, 0.2) is 18.3 Å². The number of carbonyl (C=O) groups excluding carboxylic acids is 2. The van der Waals surface area contributed by atoms with Crippen LogP contribution in [0.5, 0.6) is 0 Å². The number of hydrazine groups is 1. The van der Waals surface area contributed by atoms with Gasteiger partial charge in [0.25, 0.3) is 5.91 Å². The minimum absolute atomic E-state index is 0.0577. The van der Waals surface area contributed by atoms with Gasteiger partial charge in [-0.1, -0.05) is 6.42 Å². The van der Waals surface area contributed by atoms with Gasteiger partial charge in [-0.2, -0.15) is 13.2 Å². The first-order valence-corrected chi connectivity index (χ1v) is 6.68. The number of rotatable bonds is 2. The van der Waals surface area contributed by atoms with E-state index >= 15 is 0 Å². The number of H-pyrrole nitrogens is 1. The van der Waals surface area contributed by atoms with Gasteiger partial charge in [0, 0.05) is 12.1 Å². The van der Waals surface area contributed by atoms with Crippen LogP contribution in [0.1, 0.15) is 36.2 Å². The highest BCUT2D eigenvalue weighted by atomic mass is 19.4. The molecule has 0 spiro atoms. The molecule has 1 aliphatic rings. The van der Waals surface area contributed by atoms with Crippen LogP contribution in [0, 0.1) is 11.8 Å². The van der Waals surface area contributed by atoms with Gasteiger partial charge in [-0.25, -0.2) is 0 Å². The SMILES string of the molecule is O=C(NNC(=O)C1CCCC(C(F)(F)F)C1)c1ccc[nH]1. The maximum Gasteiger partial charge on any atom is 0.391 e. The number of hydrogen-bond acceptors (Lipinski definition) is 2. The molecule has 8 heteroatoms. The number of alkyl halides is 3. The zero-order chi connectivity index (χ0) is 15.5. The van der Waals surface area contributed by atoms with Crippen molar-refractivity contribution in [3.63, 3.8) is 0 Å². The molecule has 2 rings (SSSR count). The quantitative estimate of drug-likeness (QED) is 0.732. The zero-order valence-corrected chi connectivity index (χ0v) is 11.2. The van der Waals surface area contributed by atoms with Crippen molar-refractivity contribution >= 4 is 11.8 Å². The van der Waals surface area contributed by atoms with Crippen molar-refractivity contribution < 1.29 is 22.8 Å². The maximum absolute atomic E-state index is 12.7. The molecule has 3 N–H and O–H groups in total. The minimum Gasteiger partial charge on any atom is -0.357 e. The molecule has 0 bridgehead atoms. The van der Waals surface area contributed by atoms with Crippen LogP contribution in [-0.4, -0.2) is 23.0 Å². The molecule has 0 aromatic carbocycles. The molecule has 2 unspecified atom stereocenters. The molecule has 1 fully saturated rings. The van der Waals surface area contributed by atoms with Gasteiger partial charge in [0.05, 0.1) is 5.92 Å². The van der Waals surface area contributed by atoms with Gasteiger partial charge in [0.1, 0.15) is 5.69 Å². The van der Waals surface area contributed by atoms with E-state index in [1.54, 1.807) is 12.3 Å². The van der Waals surface area contributed by atoms with Crippen molar-refractivity contribution in [3.05, 3.63) is 24.0 Å². The summed E-state index contributed by atoms with van der Waals surface area (Å²) in [7, 11) is 0. The van der Waals surface area contributed by atoms with Crippen LogP contribution in [0.3, 0.4) is 0 Å². The molecule has 1 saturated carbocycles. The van der Waals surface area contributed by atoms with Crippen LogP contribution in [0.25, 0.3) is 0 Å². The van der Waals surface area contributed by atoms with E-state index in [0.29, 0.717) is 12.8 Å². The Morgan fingerprint density at radius 3 is 2.62 bits per heavy atom. The van der Waals surface area contributed by atoms with E-state index in [1.165, 1.54) is 6.07 Å². The molecule has 0 saturated heterocycles. The van der Waals surface area contributed by atoms with Crippen LogP contribution in [0.2, 0.25) is 0 Å². The summed E-state index contributed by atoms with van der Waals surface area (Å²) in [6, 6.07) is 3.13. The van der Waals surface area contributed by atoms with E-state index in [1.807, 2.05) is 0 Å². The lowest BCUT2D eigenvalue weighted by atomic mass is 9.80. The predicted octanol–water partition coefficient (Wildman–Crippen LogP) is 2.14. The first kappa shape index (κ1) is 15.4. The van der Waals surface area contributed by atoms with Crippen molar-refractivity contribution in [3.8, 4) is 0 Å². The first-order chi connectivity index (χ1) is 9.88. The Balaban J connectivity index is 1.84. The van der Waals surface area contributed by atoms with Crippen LogP contribution in [0.4, 0.5) is 13.2 Å². The first-order valence-electron chi connectivity index (χ1n) is 6.68. The number of aromatic nitrogens is 1. The van der Waals surface area contributed by atoms with Crippen LogP contribution >= 0.6 is 0 Å². The van der Waals surface area contributed by atoms with Gasteiger partial charge in [-0.3, -0.25) is 20.4 Å². The Kier molecular flexibility index (Phi) is 4.54. The molecule has 116 valence electrons. The second-order valence-electron chi connectivity index (χ2n) is 5.13. The summed E-state index contributed by atoms with van der Waals surface area (Å²) in [6.07, 6.45) is -2.14. The highest BCUT2D eigenvalue weighted by molar-refractivity contribution is 5.93. The topological polar surface area (TPSA) is 74.0 Å². The summed E-state index contributed by atoms with van der Waals surface area (Å²) < 4.78 is 38.0. The second kappa shape index (κ2) is 6.19. The Labute approximate surface area is 119 Å². The minimum atomic E-state index is -4.27. The van der Waals surface area contributed by atoms with Crippen molar-refractivity contribution in [1.29, 1.82) is 0 Å². The van der Waals surface area contributed by atoms with Crippen LogP contribution < -0.4 is 10.9 Å². The Morgan fingerprint density at radius 1 is 1.24 bits per heavy atom. The summed E-state index contributed by atoms with van der Waals surface area (Å²) in [4.78, 5) is 26.1. The van der Waals surface area contributed by atoms with Crippen molar-refractivity contribution in [2.24, 2.45) is 11.8 Å². The number of hydrogen-bond donors (Lipinski definition) is 3. The van der Waals surface area contributed by atoms with Crippen molar-refractivity contribution in [1.82, 2.24) is 15.8 Å². The lowest BCUT2D eigenvalue weighted by Gasteiger charge is -2.29. The molecular formula is C13H16F3N3O2. The smallest absolute Gasteiger partial charge is 0.357 e. The average molecular weight is 303 g/mol.